The zero-order valence-electron chi connectivity index (χ0n) is 14.4. The molecular formula is C20H25N2OS+. The van der Waals surface area contributed by atoms with Gasteiger partial charge in [-0.25, -0.2) is 0 Å². The average molecular weight is 342 g/mol. The van der Waals surface area contributed by atoms with Crippen LogP contribution in [0.3, 0.4) is 0 Å². The van der Waals surface area contributed by atoms with Gasteiger partial charge >= 0.3 is 0 Å². The lowest BCUT2D eigenvalue weighted by Gasteiger charge is -2.32. The van der Waals surface area contributed by atoms with E-state index in [0.29, 0.717) is 12.6 Å². The third kappa shape index (κ3) is 3.01. The van der Waals surface area contributed by atoms with Crippen molar-refractivity contribution in [1.82, 2.24) is 0 Å². The van der Waals surface area contributed by atoms with Gasteiger partial charge in [-0.2, -0.15) is 0 Å². The number of rotatable bonds is 4. The lowest BCUT2D eigenvalue weighted by atomic mass is 9.96. The van der Waals surface area contributed by atoms with E-state index in [1.807, 2.05) is 23.5 Å². The number of amides is 1. The first kappa shape index (κ1) is 15.9. The number of aryl methyl sites for hydroxylation is 1. The molecule has 0 bridgehead atoms. The van der Waals surface area contributed by atoms with E-state index in [0.717, 1.165) is 24.6 Å². The first-order chi connectivity index (χ1) is 11.6. The van der Waals surface area contributed by atoms with Gasteiger partial charge in [-0.15, -0.1) is 11.3 Å². The second-order valence-corrected chi connectivity index (χ2v) is 8.25. The van der Waals surface area contributed by atoms with Crippen LogP contribution in [0.1, 0.15) is 40.5 Å². The van der Waals surface area contributed by atoms with Crippen molar-refractivity contribution in [1.29, 1.82) is 0 Å². The normalized spacial score (nSPS) is 22.9. The number of thiophene rings is 1. The number of benzene rings is 1. The van der Waals surface area contributed by atoms with Gasteiger partial charge in [0.1, 0.15) is 6.04 Å². The molecule has 2 N–H and O–H groups in total. The molecule has 1 aromatic heterocycles. The fourth-order valence-electron chi connectivity index (χ4n) is 3.98. The maximum Gasteiger partial charge on any atom is 0.279 e. The molecule has 3 nitrogen and oxygen atoms in total. The molecule has 0 saturated heterocycles. The second kappa shape index (κ2) is 6.34. The molecule has 4 heteroatoms. The predicted octanol–water partition coefficient (Wildman–Crippen LogP) is 2.90. The number of fused-ring (bicyclic) bond motifs is 1. The maximum absolute atomic E-state index is 12.7. The van der Waals surface area contributed by atoms with Crippen LogP contribution >= 0.6 is 11.3 Å². The third-order valence-electron chi connectivity index (χ3n) is 5.59. The van der Waals surface area contributed by atoms with Crippen LogP contribution in [0.15, 0.2) is 29.6 Å². The molecule has 0 spiro atoms. The Morgan fingerprint density at radius 3 is 2.92 bits per heavy atom. The van der Waals surface area contributed by atoms with Crippen molar-refractivity contribution in [2.75, 3.05) is 18.4 Å². The summed E-state index contributed by atoms with van der Waals surface area (Å²) in [6, 6.07) is 8.92. The number of quaternary nitrogens is 1. The highest BCUT2D eigenvalue weighted by Crippen LogP contribution is 2.42. The van der Waals surface area contributed by atoms with Crippen LogP contribution in [0.5, 0.6) is 0 Å². The van der Waals surface area contributed by atoms with Gasteiger partial charge in [-0.1, -0.05) is 12.1 Å². The van der Waals surface area contributed by atoms with Gasteiger partial charge in [-0.3, -0.25) is 4.79 Å². The molecule has 1 aliphatic heterocycles. The molecule has 1 fully saturated rings. The largest absolute Gasteiger partial charge is 0.321 e. The van der Waals surface area contributed by atoms with Gasteiger partial charge < -0.3 is 10.2 Å². The number of anilines is 1. The number of carbonyl (C=O) groups is 1. The van der Waals surface area contributed by atoms with Crippen LogP contribution in [0.4, 0.5) is 5.69 Å². The van der Waals surface area contributed by atoms with E-state index in [4.69, 9.17) is 0 Å². The van der Waals surface area contributed by atoms with Crippen LogP contribution in [0.25, 0.3) is 0 Å². The second-order valence-electron chi connectivity index (χ2n) is 7.24. The molecular weight excluding hydrogens is 316 g/mol. The monoisotopic (exact) mass is 341 g/mol. The standard InChI is InChI=1S/C20H24N2OS/c1-13-4-3-5-17(14(13)2)21-19(23)12-22-10-8-18-16(9-11-24-18)20(22)15-6-7-15/h3-5,9,11,15,20H,6-8,10,12H2,1-2H3,(H,21,23)/p+1/t20-/m0/s1. The van der Waals surface area contributed by atoms with E-state index in [1.54, 1.807) is 4.88 Å². The minimum Gasteiger partial charge on any atom is -0.321 e. The fourth-order valence-corrected chi connectivity index (χ4v) is 4.91. The van der Waals surface area contributed by atoms with Crippen molar-refractivity contribution < 1.29 is 9.69 Å². The number of hydrogen-bond donors (Lipinski definition) is 2. The first-order valence-corrected chi connectivity index (χ1v) is 9.78. The van der Waals surface area contributed by atoms with E-state index in [9.17, 15) is 4.79 Å². The Balaban J connectivity index is 1.48. The fraction of sp³-hybridized carbons (Fsp3) is 0.450. The molecule has 0 radical (unpaired) electrons. The lowest BCUT2D eigenvalue weighted by Crippen LogP contribution is -3.14. The Morgan fingerprint density at radius 1 is 1.29 bits per heavy atom. The lowest BCUT2D eigenvalue weighted by molar-refractivity contribution is -0.928. The van der Waals surface area contributed by atoms with Crippen LogP contribution in [0.2, 0.25) is 0 Å². The van der Waals surface area contributed by atoms with Gasteiger partial charge in [-0.05, 0) is 55.3 Å². The minimum absolute atomic E-state index is 0.142. The van der Waals surface area contributed by atoms with Gasteiger partial charge in [0.2, 0.25) is 0 Å². The summed E-state index contributed by atoms with van der Waals surface area (Å²) in [5.74, 6) is 0.921. The summed E-state index contributed by atoms with van der Waals surface area (Å²) >= 11 is 1.89. The summed E-state index contributed by atoms with van der Waals surface area (Å²) in [4.78, 5) is 15.7. The van der Waals surface area contributed by atoms with Crippen molar-refractivity contribution in [3.63, 3.8) is 0 Å². The summed E-state index contributed by atoms with van der Waals surface area (Å²) in [5.41, 5.74) is 4.86. The van der Waals surface area contributed by atoms with E-state index in [2.05, 4.69) is 36.7 Å². The van der Waals surface area contributed by atoms with Crippen molar-refractivity contribution >= 4 is 22.9 Å². The highest BCUT2D eigenvalue weighted by Gasteiger charge is 2.43. The Morgan fingerprint density at radius 2 is 2.12 bits per heavy atom. The Hall–Kier alpha value is -1.65. The Labute approximate surface area is 147 Å². The smallest absolute Gasteiger partial charge is 0.279 e. The van der Waals surface area contributed by atoms with E-state index >= 15 is 0 Å². The van der Waals surface area contributed by atoms with Gasteiger partial charge in [0.25, 0.3) is 5.91 Å². The number of hydrogen-bond acceptors (Lipinski definition) is 2. The van der Waals surface area contributed by atoms with E-state index in [1.165, 1.54) is 34.4 Å². The van der Waals surface area contributed by atoms with Gasteiger partial charge in [0.15, 0.2) is 6.54 Å². The molecule has 24 heavy (non-hydrogen) atoms. The summed E-state index contributed by atoms with van der Waals surface area (Å²) in [6.45, 7) is 5.81. The highest BCUT2D eigenvalue weighted by molar-refractivity contribution is 7.10. The van der Waals surface area contributed by atoms with E-state index in [-0.39, 0.29) is 5.91 Å². The number of nitrogens with one attached hydrogen (secondary N) is 2. The van der Waals surface area contributed by atoms with Gasteiger partial charge in [0, 0.05) is 28.5 Å². The molecule has 1 amide bonds. The minimum atomic E-state index is 0.142. The molecule has 2 aliphatic rings. The molecule has 1 unspecified atom stereocenters. The highest BCUT2D eigenvalue weighted by atomic mass is 32.1. The summed E-state index contributed by atoms with van der Waals surface area (Å²) in [6.07, 6.45) is 3.76. The molecule has 1 aliphatic carbocycles. The average Bonchev–Trinajstić information content (AvgIpc) is 3.28. The Kier molecular flexibility index (Phi) is 4.19. The zero-order chi connectivity index (χ0) is 16.7. The molecule has 2 aromatic rings. The molecule has 1 saturated carbocycles. The molecule has 2 heterocycles. The summed E-state index contributed by atoms with van der Waals surface area (Å²) < 4.78 is 0. The molecule has 126 valence electrons. The SMILES string of the molecule is Cc1cccc(NC(=O)C[NH+]2CCc3sccc3[C@@H]2C2CC2)c1C. The predicted molar refractivity (Wildman–Crippen MR) is 98.7 cm³/mol. The van der Waals surface area contributed by atoms with Crippen molar-refractivity contribution in [3.8, 4) is 0 Å². The van der Waals surface area contributed by atoms with Crippen molar-refractivity contribution in [2.24, 2.45) is 5.92 Å². The quantitative estimate of drug-likeness (QED) is 0.881. The molecule has 4 rings (SSSR count). The van der Waals surface area contributed by atoms with Crippen molar-refractivity contribution in [3.05, 3.63) is 51.2 Å². The van der Waals surface area contributed by atoms with E-state index < -0.39 is 0 Å². The number of carbonyl (C=O) groups excluding carboxylic acids is 1. The summed E-state index contributed by atoms with van der Waals surface area (Å²) in [7, 11) is 0. The van der Waals surface area contributed by atoms with Crippen LogP contribution in [0, 0.1) is 19.8 Å². The van der Waals surface area contributed by atoms with Crippen molar-refractivity contribution in [2.45, 2.75) is 39.2 Å². The maximum atomic E-state index is 12.7. The van der Waals surface area contributed by atoms with Crippen LogP contribution in [-0.4, -0.2) is 19.0 Å². The zero-order valence-corrected chi connectivity index (χ0v) is 15.2. The Bertz CT molecular complexity index is 763. The molecule has 2 atom stereocenters. The third-order valence-corrected chi connectivity index (χ3v) is 6.58. The summed E-state index contributed by atoms with van der Waals surface area (Å²) in [5, 5.41) is 5.36. The van der Waals surface area contributed by atoms with Crippen LogP contribution in [-0.2, 0) is 11.2 Å². The molecule has 1 aromatic carbocycles. The first-order valence-electron chi connectivity index (χ1n) is 8.90. The topological polar surface area (TPSA) is 33.5 Å². The van der Waals surface area contributed by atoms with Gasteiger partial charge in [0.05, 0.1) is 6.54 Å². The van der Waals surface area contributed by atoms with Crippen LogP contribution < -0.4 is 10.2 Å².